The van der Waals surface area contributed by atoms with Gasteiger partial charge in [-0.2, -0.15) is 0 Å². The van der Waals surface area contributed by atoms with Gasteiger partial charge in [0.2, 0.25) is 0 Å². The van der Waals surface area contributed by atoms with Crippen LogP contribution < -0.4 is 0 Å². The molecule has 1 heterocycles. The van der Waals surface area contributed by atoms with E-state index in [1.807, 2.05) is 29.7 Å². The van der Waals surface area contributed by atoms with Crippen molar-refractivity contribution in [2.75, 3.05) is 0 Å². The smallest absolute Gasteiger partial charge is 0.352 e. The van der Waals surface area contributed by atoms with Crippen LogP contribution in [0.3, 0.4) is 0 Å². The molecule has 0 bridgehead atoms. The maximum atomic E-state index is 11.3. The molecule has 1 N–H and O–H groups in total. The number of hydrogen-bond acceptors (Lipinski definition) is 1. The number of benzene rings is 1. The molecule has 0 unspecified atom stereocenters. The molecule has 0 radical (unpaired) electrons. The van der Waals surface area contributed by atoms with Crippen LogP contribution in [0.25, 0.3) is 10.9 Å². The van der Waals surface area contributed by atoms with Crippen molar-refractivity contribution in [1.29, 1.82) is 0 Å². The highest BCUT2D eigenvalue weighted by molar-refractivity contribution is 5.95. The number of aryl methyl sites for hydroxylation is 1. The van der Waals surface area contributed by atoms with E-state index in [0.717, 1.165) is 23.0 Å². The van der Waals surface area contributed by atoms with Crippen LogP contribution in [0.2, 0.25) is 0 Å². The van der Waals surface area contributed by atoms with E-state index in [1.165, 1.54) is 0 Å². The van der Waals surface area contributed by atoms with Gasteiger partial charge >= 0.3 is 5.97 Å². The molecule has 0 atom stereocenters. The number of fused-ring (bicyclic) bond motifs is 1. The minimum Gasteiger partial charge on any atom is -0.477 e. The van der Waals surface area contributed by atoms with Gasteiger partial charge in [-0.3, -0.25) is 0 Å². The number of carbonyl (C=O) groups is 1. The highest BCUT2D eigenvalue weighted by Gasteiger charge is 2.15. The third-order valence-electron chi connectivity index (χ3n) is 2.93. The van der Waals surface area contributed by atoms with E-state index in [4.69, 9.17) is 0 Å². The molecule has 17 heavy (non-hydrogen) atoms. The minimum atomic E-state index is -0.860. The molecular weight excluding hydrogens is 214 g/mol. The average molecular weight is 231 g/mol. The Balaban J connectivity index is 2.71. The van der Waals surface area contributed by atoms with Crippen LogP contribution in [0, 0.1) is 12.8 Å². The second kappa shape index (κ2) is 4.24. The maximum Gasteiger partial charge on any atom is 0.352 e. The van der Waals surface area contributed by atoms with Crippen LogP contribution in [-0.4, -0.2) is 15.6 Å². The third kappa shape index (κ3) is 2.05. The largest absolute Gasteiger partial charge is 0.477 e. The van der Waals surface area contributed by atoms with Gasteiger partial charge in [0.1, 0.15) is 5.69 Å². The molecule has 1 aromatic carbocycles. The van der Waals surface area contributed by atoms with Gasteiger partial charge in [-0.15, -0.1) is 0 Å². The van der Waals surface area contributed by atoms with Crippen LogP contribution in [0.15, 0.2) is 24.3 Å². The number of rotatable bonds is 3. The second-order valence-electron chi connectivity index (χ2n) is 4.85. The van der Waals surface area contributed by atoms with E-state index >= 15 is 0 Å². The van der Waals surface area contributed by atoms with Crippen LogP contribution in [0.5, 0.6) is 0 Å². The molecule has 3 nitrogen and oxygen atoms in total. The predicted octanol–water partition coefficient (Wildman–Crippen LogP) is 3.30. The van der Waals surface area contributed by atoms with Crippen LogP contribution in [0.4, 0.5) is 0 Å². The Bertz CT molecular complexity index is 567. The lowest BCUT2D eigenvalue weighted by Gasteiger charge is -2.11. The van der Waals surface area contributed by atoms with Gasteiger partial charge < -0.3 is 9.67 Å². The molecule has 0 aliphatic carbocycles. The monoisotopic (exact) mass is 231 g/mol. The Morgan fingerprint density at radius 2 is 2.12 bits per heavy atom. The number of aromatic carboxylic acids is 1. The molecule has 0 saturated heterocycles. The van der Waals surface area contributed by atoms with Crippen LogP contribution in [0.1, 0.15) is 29.9 Å². The second-order valence-corrected chi connectivity index (χ2v) is 4.85. The fourth-order valence-electron chi connectivity index (χ4n) is 2.17. The quantitative estimate of drug-likeness (QED) is 0.880. The zero-order chi connectivity index (χ0) is 12.6. The molecule has 0 saturated carbocycles. The lowest BCUT2D eigenvalue weighted by molar-refractivity contribution is 0.0685. The van der Waals surface area contributed by atoms with Gasteiger partial charge in [-0.1, -0.05) is 26.0 Å². The summed E-state index contributed by atoms with van der Waals surface area (Å²) in [4.78, 5) is 11.3. The number of carboxylic acid groups (broad SMARTS) is 1. The minimum absolute atomic E-state index is 0.378. The summed E-state index contributed by atoms with van der Waals surface area (Å²) in [5.41, 5.74) is 2.51. The fraction of sp³-hybridized carbons (Fsp3) is 0.357. The van der Waals surface area contributed by atoms with Crippen LogP contribution >= 0.6 is 0 Å². The van der Waals surface area contributed by atoms with E-state index in [-0.39, 0.29) is 0 Å². The zero-order valence-corrected chi connectivity index (χ0v) is 10.4. The molecule has 2 aromatic rings. The molecule has 90 valence electrons. The molecule has 3 heteroatoms. The summed E-state index contributed by atoms with van der Waals surface area (Å²) < 4.78 is 1.90. The van der Waals surface area contributed by atoms with E-state index in [0.29, 0.717) is 11.6 Å². The molecule has 0 aliphatic rings. The summed E-state index contributed by atoms with van der Waals surface area (Å²) >= 11 is 0. The molecule has 0 aliphatic heterocycles. The van der Waals surface area contributed by atoms with Crippen molar-refractivity contribution in [2.24, 2.45) is 5.92 Å². The molecule has 0 amide bonds. The van der Waals surface area contributed by atoms with E-state index in [1.54, 1.807) is 6.07 Å². The number of hydrogen-bond donors (Lipinski definition) is 1. The first-order chi connectivity index (χ1) is 8.00. The van der Waals surface area contributed by atoms with Gasteiger partial charge in [0.25, 0.3) is 0 Å². The number of aromatic nitrogens is 1. The summed E-state index contributed by atoms with van der Waals surface area (Å²) in [5, 5.41) is 10.3. The Labute approximate surface area is 101 Å². The van der Waals surface area contributed by atoms with E-state index < -0.39 is 5.97 Å². The summed E-state index contributed by atoms with van der Waals surface area (Å²) in [6.07, 6.45) is 0. The SMILES string of the molecule is Cc1cccc2c1cc(C(=O)O)n2CC(C)C. The highest BCUT2D eigenvalue weighted by atomic mass is 16.4. The lowest BCUT2D eigenvalue weighted by Crippen LogP contribution is -2.11. The van der Waals surface area contributed by atoms with Crippen molar-refractivity contribution in [3.63, 3.8) is 0 Å². The van der Waals surface area contributed by atoms with E-state index in [9.17, 15) is 9.90 Å². The van der Waals surface area contributed by atoms with Crippen molar-refractivity contribution in [2.45, 2.75) is 27.3 Å². The average Bonchev–Trinajstić information content (AvgIpc) is 2.58. The first kappa shape index (κ1) is 11.7. The van der Waals surface area contributed by atoms with Gasteiger partial charge in [0.15, 0.2) is 0 Å². The molecular formula is C14H17NO2. The lowest BCUT2D eigenvalue weighted by atomic mass is 10.1. The van der Waals surface area contributed by atoms with Crippen LogP contribution in [-0.2, 0) is 6.54 Å². The van der Waals surface area contributed by atoms with Crippen molar-refractivity contribution in [3.05, 3.63) is 35.5 Å². The number of carboxylic acids is 1. The molecule has 1 aromatic heterocycles. The Morgan fingerprint density at radius 3 is 2.71 bits per heavy atom. The Morgan fingerprint density at radius 1 is 1.41 bits per heavy atom. The van der Waals surface area contributed by atoms with Crippen molar-refractivity contribution in [3.8, 4) is 0 Å². The fourth-order valence-corrected chi connectivity index (χ4v) is 2.17. The van der Waals surface area contributed by atoms with Gasteiger partial charge in [0.05, 0.1) is 0 Å². The standard InChI is InChI=1S/C14H17NO2/c1-9(2)8-15-12-6-4-5-10(3)11(12)7-13(15)14(16)17/h4-7,9H,8H2,1-3H3,(H,16,17). The summed E-state index contributed by atoms with van der Waals surface area (Å²) in [6, 6.07) is 7.74. The summed E-state index contributed by atoms with van der Waals surface area (Å²) in [5.74, 6) is -0.439. The maximum absolute atomic E-state index is 11.3. The third-order valence-corrected chi connectivity index (χ3v) is 2.93. The summed E-state index contributed by atoms with van der Waals surface area (Å²) in [7, 11) is 0. The van der Waals surface area contributed by atoms with Gasteiger partial charge in [-0.25, -0.2) is 4.79 Å². The normalized spacial score (nSPS) is 11.3. The van der Waals surface area contributed by atoms with E-state index in [2.05, 4.69) is 13.8 Å². The predicted molar refractivity (Wildman–Crippen MR) is 68.5 cm³/mol. The molecule has 2 rings (SSSR count). The number of nitrogens with zero attached hydrogens (tertiary/aromatic N) is 1. The Hall–Kier alpha value is -1.77. The molecule has 0 fully saturated rings. The van der Waals surface area contributed by atoms with Gasteiger partial charge in [-0.05, 0) is 30.5 Å². The van der Waals surface area contributed by atoms with Crippen molar-refractivity contribution in [1.82, 2.24) is 4.57 Å². The van der Waals surface area contributed by atoms with Gasteiger partial charge in [0, 0.05) is 17.4 Å². The first-order valence-corrected chi connectivity index (χ1v) is 5.83. The highest BCUT2D eigenvalue weighted by Crippen LogP contribution is 2.24. The van der Waals surface area contributed by atoms with Crippen molar-refractivity contribution < 1.29 is 9.90 Å². The summed E-state index contributed by atoms with van der Waals surface area (Å²) in [6.45, 7) is 6.92. The van der Waals surface area contributed by atoms with Crippen molar-refractivity contribution >= 4 is 16.9 Å². The zero-order valence-electron chi connectivity index (χ0n) is 10.4. The topological polar surface area (TPSA) is 42.2 Å². The first-order valence-electron chi connectivity index (χ1n) is 5.83. The Kier molecular flexibility index (Phi) is 2.92. The molecule has 0 spiro atoms.